The van der Waals surface area contributed by atoms with Crippen LogP contribution in [0, 0.1) is 35.5 Å². The van der Waals surface area contributed by atoms with Crippen LogP contribution in [-0.2, 0) is 4.74 Å². The number of ether oxygens (including phenoxy) is 1. The Kier molecular flexibility index (Phi) is 12.1. The molecular weight excluding hydrogens is 280 g/mol. The van der Waals surface area contributed by atoms with Gasteiger partial charge in [-0.1, -0.05) is 54.4 Å². The van der Waals surface area contributed by atoms with E-state index in [0.29, 0.717) is 6.10 Å². The van der Waals surface area contributed by atoms with Crippen molar-refractivity contribution in [2.45, 2.75) is 100 Å². The summed E-state index contributed by atoms with van der Waals surface area (Å²) in [6.07, 6.45) is 8.21. The van der Waals surface area contributed by atoms with Gasteiger partial charge in [-0.25, -0.2) is 0 Å². The molecule has 1 nitrogen and oxygen atoms in total. The second-order valence-corrected chi connectivity index (χ2v) is 9.13. The van der Waals surface area contributed by atoms with Crippen LogP contribution in [0.4, 0.5) is 0 Å². The van der Waals surface area contributed by atoms with E-state index < -0.39 is 0 Å². The molecule has 0 bridgehead atoms. The van der Waals surface area contributed by atoms with Crippen molar-refractivity contribution in [3.63, 3.8) is 0 Å². The molecule has 138 valence electrons. The maximum atomic E-state index is 5.82. The van der Waals surface area contributed by atoms with Crippen molar-refractivity contribution < 1.29 is 4.74 Å². The molecule has 0 N–H and O–H groups in total. The number of rotatable bonds is 13. The van der Waals surface area contributed by atoms with Crippen LogP contribution >= 0.6 is 0 Å². The van der Waals surface area contributed by atoms with Gasteiger partial charge < -0.3 is 4.74 Å². The molecule has 0 aromatic heterocycles. The molecule has 0 rings (SSSR count). The van der Waals surface area contributed by atoms with Crippen molar-refractivity contribution in [3.05, 3.63) is 5.92 Å². The fourth-order valence-corrected chi connectivity index (χ4v) is 3.98. The third-order valence-corrected chi connectivity index (χ3v) is 5.09. The van der Waals surface area contributed by atoms with E-state index in [0.717, 1.165) is 36.0 Å². The summed E-state index contributed by atoms with van der Waals surface area (Å²) in [4.78, 5) is 0. The van der Waals surface area contributed by atoms with Crippen molar-refractivity contribution in [1.29, 1.82) is 0 Å². The van der Waals surface area contributed by atoms with Gasteiger partial charge in [0.2, 0.25) is 0 Å². The van der Waals surface area contributed by atoms with Gasteiger partial charge in [0.1, 0.15) is 6.42 Å². The van der Waals surface area contributed by atoms with Crippen molar-refractivity contribution in [1.82, 2.24) is 0 Å². The van der Waals surface area contributed by atoms with Gasteiger partial charge >= 0.3 is 0 Å². The molecule has 0 spiro atoms. The minimum absolute atomic E-state index is 0.398. The highest BCUT2D eigenvalue weighted by molar-refractivity contribution is 4.85. The molecule has 3 unspecified atom stereocenters. The van der Waals surface area contributed by atoms with E-state index >= 15 is 0 Å². The monoisotopic (exact) mass is 325 g/mol. The van der Waals surface area contributed by atoms with E-state index in [1.54, 1.807) is 0 Å². The molecule has 3 atom stereocenters. The summed E-state index contributed by atoms with van der Waals surface area (Å²) in [6.45, 7) is 18.7. The smallest absolute Gasteiger partial charge is 0.115 e. The normalized spacial score (nSPS) is 16.2. The van der Waals surface area contributed by atoms with Crippen molar-refractivity contribution in [3.8, 4) is 0 Å². The molecule has 0 amide bonds. The van der Waals surface area contributed by atoms with E-state index in [4.69, 9.17) is 4.74 Å². The van der Waals surface area contributed by atoms with Crippen LogP contribution in [0.25, 0.3) is 0 Å². The second kappa shape index (κ2) is 12.2. The molecule has 0 aliphatic heterocycles. The Hall–Kier alpha value is -0.170. The van der Waals surface area contributed by atoms with E-state index in [-0.39, 0.29) is 0 Å². The van der Waals surface area contributed by atoms with Crippen LogP contribution in [0.2, 0.25) is 0 Å². The molecule has 0 aromatic carbocycles. The first-order valence-corrected chi connectivity index (χ1v) is 9.99. The van der Waals surface area contributed by atoms with Crippen LogP contribution < -0.4 is 0 Å². The average Bonchev–Trinajstić information content (AvgIpc) is 2.40. The zero-order valence-corrected chi connectivity index (χ0v) is 17.6. The van der Waals surface area contributed by atoms with Gasteiger partial charge in [-0.2, -0.15) is 0 Å². The SMILES string of the molecule is COC(C[C+](C)C)CC(CC(C)C)C(CCCC(C)C)C(C)C. The Morgan fingerprint density at radius 1 is 0.826 bits per heavy atom. The number of hydrogen-bond acceptors (Lipinski definition) is 1. The molecule has 23 heavy (non-hydrogen) atoms. The molecule has 0 radical (unpaired) electrons. The van der Waals surface area contributed by atoms with Gasteiger partial charge in [0.25, 0.3) is 0 Å². The Bertz CT molecular complexity index is 267. The molecule has 0 fully saturated rings. The van der Waals surface area contributed by atoms with Crippen LogP contribution in [0.3, 0.4) is 0 Å². The Morgan fingerprint density at radius 3 is 1.83 bits per heavy atom. The molecule has 0 aliphatic rings. The van der Waals surface area contributed by atoms with Gasteiger partial charge in [-0.3, -0.25) is 0 Å². The average molecular weight is 326 g/mol. The Morgan fingerprint density at radius 2 is 1.43 bits per heavy atom. The molecule has 0 aliphatic carbocycles. The first kappa shape index (κ1) is 22.8. The fraction of sp³-hybridized carbons (Fsp3) is 0.955. The highest BCUT2D eigenvalue weighted by Crippen LogP contribution is 2.36. The molecule has 0 heterocycles. The van der Waals surface area contributed by atoms with Crippen LogP contribution in [0.1, 0.15) is 93.9 Å². The summed E-state index contributed by atoms with van der Waals surface area (Å²) in [5.41, 5.74) is 0. The third kappa shape index (κ3) is 11.1. The minimum atomic E-state index is 0.398. The molecular formula is C22H45O+. The van der Waals surface area contributed by atoms with Gasteiger partial charge in [0.05, 0.1) is 25.9 Å². The third-order valence-electron chi connectivity index (χ3n) is 5.09. The standard InChI is InChI=1S/C22H45O/c1-16(2)11-10-12-22(19(7)8)20(13-17(3)4)15-21(23-9)14-18(5)6/h16-17,19-22H,10-15H2,1-9H3/q+1. The Labute approximate surface area is 148 Å². The topological polar surface area (TPSA) is 9.23 Å². The molecule has 0 saturated heterocycles. The van der Waals surface area contributed by atoms with Crippen molar-refractivity contribution in [2.24, 2.45) is 29.6 Å². The predicted molar refractivity (Wildman–Crippen MR) is 105 cm³/mol. The fourth-order valence-electron chi connectivity index (χ4n) is 3.98. The first-order valence-electron chi connectivity index (χ1n) is 9.99. The van der Waals surface area contributed by atoms with E-state index in [9.17, 15) is 0 Å². The Balaban J connectivity index is 4.89. The number of methoxy groups -OCH3 is 1. The van der Waals surface area contributed by atoms with Crippen LogP contribution in [0.15, 0.2) is 0 Å². The summed E-state index contributed by atoms with van der Waals surface area (Å²) in [5.74, 6) is 5.50. The lowest BCUT2D eigenvalue weighted by Gasteiger charge is -2.33. The predicted octanol–water partition coefficient (Wildman–Crippen LogP) is 7.16. The highest BCUT2D eigenvalue weighted by Gasteiger charge is 2.29. The summed E-state index contributed by atoms with van der Waals surface area (Å²) < 4.78 is 5.82. The maximum absolute atomic E-state index is 5.82. The van der Waals surface area contributed by atoms with E-state index in [1.165, 1.54) is 38.0 Å². The van der Waals surface area contributed by atoms with Crippen LogP contribution in [0.5, 0.6) is 0 Å². The second-order valence-electron chi connectivity index (χ2n) is 9.13. The zero-order valence-electron chi connectivity index (χ0n) is 17.6. The van der Waals surface area contributed by atoms with Crippen molar-refractivity contribution in [2.75, 3.05) is 7.11 Å². The zero-order chi connectivity index (χ0) is 18.0. The quantitative estimate of drug-likeness (QED) is 0.326. The molecule has 0 aromatic rings. The summed E-state index contributed by atoms with van der Waals surface area (Å²) in [5, 5.41) is 0. The minimum Gasteiger partial charge on any atom is -0.377 e. The van der Waals surface area contributed by atoms with Crippen LogP contribution in [-0.4, -0.2) is 13.2 Å². The maximum Gasteiger partial charge on any atom is 0.115 e. The lowest BCUT2D eigenvalue weighted by molar-refractivity contribution is 0.0520. The van der Waals surface area contributed by atoms with Gasteiger partial charge in [-0.05, 0) is 48.9 Å². The van der Waals surface area contributed by atoms with Gasteiger partial charge in [0.15, 0.2) is 0 Å². The summed E-state index contributed by atoms with van der Waals surface area (Å²) in [7, 11) is 1.89. The first-order chi connectivity index (χ1) is 10.7. The van der Waals surface area contributed by atoms with E-state index in [1.807, 2.05) is 7.11 Å². The lowest BCUT2D eigenvalue weighted by Crippen LogP contribution is -2.27. The van der Waals surface area contributed by atoms with Crippen molar-refractivity contribution >= 4 is 0 Å². The largest absolute Gasteiger partial charge is 0.377 e. The van der Waals surface area contributed by atoms with Gasteiger partial charge in [0, 0.05) is 7.11 Å². The molecule has 0 saturated carbocycles. The van der Waals surface area contributed by atoms with E-state index in [2.05, 4.69) is 55.4 Å². The van der Waals surface area contributed by atoms with Gasteiger partial charge in [-0.15, -0.1) is 0 Å². The summed E-state index contributed by atoms with van der Waals surface area (Å²) >= 11 is 0. The molecule has 1 heteroatoms. The lowest BCUT2D eigenvalue weighted by atomic mass is 9.73. The number of hydrogen-bond donors (Lipinski definition) is 0. The highest BCUT2D eigenvalue weighted by atomic mass is 16.5. The summed E-state index contributed by atoms with van der Waals surface area (Å²) in [6, 6.07) is 0.